The highest BCUT2D eigenvalue weighted by molar-refractivity contribution is 5.85. The summed E-state index contributed by atoms with van der Waals surface area (Å²) in [6.45, 7) is 0. The van der Waals surface area contributed by atoms with Gasteiger partial charge >= 0.3 is 0 Å². The Hall–Kier alpha value is -3.92. The predicted octanol–water partition coefficient (Wildman–Crippen LogP) is 3.90. The zero-order valence-corrected chi connectivity index (χ0v) is 16.6. The number of para-hydroxylation sites is 1. The number of pyridine rings is 1. The van der Waals surface area contributed by atoms with Crippen molar-refractivity contribution in [3.8, 4) is 51.5 Å². The van der Waals surface area contributed by atoms with Gasteiger partial charge < -0.3 is 24.7 Å². The first-order chi connectivity index (χ1) is 14.1. The summed E-state index contributed by atoms with van der Waals surface area (Å²) in [4.78, 5) is 4.43. The van der Waals surface area contributed by atoms with E-state index in [1.54, 1.807) is 58.8 Å². The van der Waals surface area contributed by atoms with Gasteiger partial charge in [0.05, 0.1) is 34.1 Å². The van der Waals surface area contributed by atoms with Crippen LogP contribution in [0.5, 0.6) is 23.0 Å². The Morgan fingerprint density at radius 1 is 0.828 bits per heavy atom. The van der Waals surface area contributed by atoms with E-state index >= 15 is 0 Å². The van der Waals surface area contributed by atoms with E-state index in [0.29, 0.717) is 45.4 Å². The van der Waals surface area contributed by atoms with Crippen LogP contribution >= 0.6 is 0 Å². The van der Waals surface area contributed by atoms with Crippen LogP contribution in [0.1, 0.15) is 5.56 Å². The summed E-state index contributed by atoms with van der Waals surface area (Å²) in [7, 11) is 6.26. The second-order valence-electron chi connectivity index (χ2n) is 6.03. The smallest absolute Gasteiger partial charge is 0.168 e. The lowest BCUT2D eigenvalue weighted by Crippen LogP contribution is -2.02. The van der Waals surface area contributed by atoms with Crippen LogP contribution < -0.4 is 24.7 Å². The topological polar surface area (TPSA) is 99.6 Å². The molecule has 2 N–H and O–H groups in total. The first-order valence-electron chi connectivity index (χ1n) is 8.72. The Balaban J connectivity index is 2.32. The molecule has 1 aromatic heterocycles. The third-order valence-electron chi connectivity index (χ3n) is 4.53. The molecular formula is C22H21N3O4. The molecule has 0 aliphatic heterocycles. The van der Waals surface area contributed by atoms with Gasteiger partial charge in [-0.25, -0.2) is 4.98 Å². The monoisotopic (exact) mass is 391 g/mol. The Bertz CT molecular complexity index is 1090. The quantitative estimate of drug-likeness (QED) is 0.680. The minimum absolute atomic E-state index is 0.106. The van der Waals surface area contributed by atoms with Gasteiger partial charge in [0, 0.05) is 16.7 Å². The van der Waals surface area contributed by atoms with Crippen molar-refractivity contribution in [2.45, 2.75) is 0 Å². The van der Waals surface area contributed by atoms with Gasteiger partial charge in [-0.2, -0.15) is 5.26 Å². The van der Waals surface area contributed by atoms with Crippen molar-refractivity contribution in [3.63, 3.8) is 0 Å². The fourth-order valence-corrected chi connectivity index (χ4v) is 3.15. The SMILES string of the molecule is COc1ccc(OC)c(-c2cc(-c3cccc(OC)c3OC)c(C#N)c(N)n2)c1. The molecule has 7 heteroatoms. The molecule has 3 aromatic rings. The number of aromatic nitrogens is 1. The maximum atomic E-state index is 9.71. The molecule has 0 aliphatic carbocycles. The number of methoxy groups -OCH3 is 4. The molecule has 0 saturated carbocycles. The minimum atomic E-state index is 0.106. The van der Waals surface area contributed by atoms with Crippen LogP contribution in [-0.2, 0) is 0 Å². The summed E-state index contributed by atoms with van der Waals surface area (Å²) < 4.78 is 21.7. The Labute approximate surface area is 169 Å². The lowest BCUT2D eigenvalue weighted by Gasteiger charge is -2.16. The van der Waals surface area contributed by atoms with E-state index < -0.39 is 0 Å². The molecule has 0 unspecified atom stereocenters. The molecule has 7 nitrogen and oxygen atoms in total. The third kappa shape index (κ3) is 3.60. The summed E-state index contributed by atoms with van der Waals surface area (Å²) in [5.74, 6) is 2.40. The summed E-state index contributed by atoms with van der Waals surface area (Å²) in [6, 6.07) is 14.7. The van der Waals surface area contributed by atoms with E-state index in [2.05, 4.69) is 11.1 Å². The predicted molar refractivity (Wildman–Crippen MR) is 110 cm³/mol. The van der Waals surface area contributed by atoms with E-state index in [-0.39, 0.29) is 11.4 Å². The van der Waals surface area contributed by atoms with Crippen molar-refractivity contribution in [1.29, 1.82) is 5.26 Å². The molecule has 0 saturated heterocycles. The second-order valence-corrected chi connectivity index (χ2v) is 6.03. The molecule has 148 valence electrons. The van der Waals surface area contributed by atoms with Crippen molar-refractivity contribution in [1.82, 2.24) is 4.98 Å². The van der Waals surface area contributed by atoms with Crippen LogP contribution in [-0.4, -0.2) is 33.4 Å². The van der Waals surface area contributed by atoms with Crippen LogP contribution in [0.15, 0.2) is 42.5 Å². The maximum Gasteiger partial charge on any atom is 0.168 e. The molecule has 0 spiro atoms. The molecule has 0 bridgehead atoms. The van der Waals surface area contributed by atoms with Crippen LogP contribution in [0.4, 0.5) is 5.82 Å². The fourth-order valence-electron chi connectivity index (χ4n) is 3.15. The lowest BCUT2D eigenvalue weighted by molar-refractivity contribution is 0.356. The number of rotatable bonds is 6. The largest absolute Gasteiger partial charge is 0.497 e. The van der Waals surface area contributed by atoms with Crippen LogP contribution in [0, 0.1) is 11.3 Å². The molecule has 1 heterocycles. The molecule has 0 atom stereocenters. The highest BCUT2D eigenvalue weighted by Gasteiger charge is 2.20. The minimum Gasteiger partial charge on any atom is -0.497 e. The van der Waals surface area contributed by atoms with Crippen molar-refractivity contribution in [2.24, 2.45) is 0 Å². The molecule has 29 heavy (non-hydrogen) atoms. The number of nitriles is 1. The van der Waals surface area contributed by atoms with E-state index in [1.165, 1.54) is 0 Å². The van der Waals surface area contributed by atoms with E-state index in [9.17, 15) is 5.26 Å². The van der Waals surface area contributed by atoms with Crippen molar-refractivity contribution in [3.05, 3.63) is 48.0 Å². The van der Waals surface area contributed by atoms with E-state index in [1.807, 2.05) is 12.1 Å². The maximum absolute atomic E-state index is 9.71. The second kappa shape index (κ2) is 8.40. The van der Waals surface area contributed by atoms with E-state index in [0.717, 1.165) is 0 Å². The molecule has 0 aliphatic rings. The number of nitrogen functional groups attached to an aromatic ring is 1. The van der Waals surface area contributed by atoms with Crippen molar-refractivity contribution < 1.29 is 18.9 Å². The number of hydrogen-bond acceptors (Lipinski definition) is 7. The first kappa shape index (κ1) is 19.8. The summed E-state index contributed by atoms with van der Waals surface area (Å²) in [5, 5.41) is 9.71. The normalized spacial score (nSPS) is 10.2. The van der Waals surface area contributed by atoms with Crippen LogP contribution in [0.2, 0.25) is 0 Å². The average Bonchev–Trinajstić information content (AvgIpc) is 2.77. The fraction of sp³-hybridized carbons (Fsp3) is 0.182. The highest BCUT2D eigenvalue weighted by atomic mass is 16.5. The summed E-state index contributed by atoms with van der Waals surface area (Å²) >= 11 is 0. The number of benzene rings is 2. The van der Waals surface area contributed by atoms with Crippen LogP contribution in [0.25, 0.3) is 22.4 Å². The molecular weight excluding hydrogens is 370 g/mol. The van der Waals surface area contributed by atoms with Gasteiger partial charge in [-0.15, -0.1) is 0 Å². The number of anilines is 1. The van der Waals surface area contributed by atoms with Gasteiger partial charge in [-0.3, -0.25) is 0 Å². The van der Waals surface area contributed by atoms with Crippen molar-refractivity contribution in [2.75, 3.05) is 34.2 Å². The average molecular weight is 391 g/mol. The molecule has 0 amide bonds. The summed E-state index contributed by atoms with van der Waals surface area (Å²) in [6.07, 6.45) is 0. The van der Waals surface area contributed by atoms with Crippen LogP contribution in [0.3, 0.4) is 0 Å². The number of hydrogen-bond donors (Lipinski definition) is 1. The number of nitrogens with zero attached hydrogens (tertiary/aromatic N) is 2. The van der Waals surface area contributed by atoms with Gasteiger partial charge in [0.15, 0.2) is 11.5 Å². The Kier molecular flexibility index (Phi) is 5.74. The lowest BCUT2D eigenvalue weighted by atomic mass is 9.97. The molecule has 2 aromatic carbocycles. The third-order valence-corrected chi connectivity index (χ3v) is 4.53. The number of nitrogens with two attached hydrogens (primary N) is 1. The Morgan fingerprint density at radius 3 is 2.21 bits per heavy atom. The Morgan fingerprint density at radius 2 is 1.59 bits per heavy atom. The zero-order chi connectivity index (χ0) is 21.0. The summed E-state index contributed by atoms with van der Waals surface area (Å²) in [5.41, 5.74) is 8.88. The van der Waals surface area contributed by atoms with Gasteiger partial charge in [-0.05, 0) is 30.3 Å². The first-order valence-corrected chi connectivity index (χ1v) is 8.72. The molecule has 0 radical (unpaired) electrons. The molecule has 3 rings (SSSR count). The van der Waals surface area contributed by atoms with E-state index in [4.69, 9.17) is 24.7 Å². The van der Waals surface area contributed by atoms with Gasteiger partial charge in [0.25, 0.3) is 0 Å². The van der Waals surface area contributed by atoms with Gasteiger partial charge in [0.1, 0.15) is 28.9 Å². The van der Waals surface area contributed by atoms with Crippen molar-refractivity contribution >= 4 is 5.82 Å². The number of ether oxygens (including phenoxy) is 4. The standard InChI is InChI=1S/C22H21N3O4/c1-26-13-8-9-19(27-2)16(10-13)18-11-15(17(12-23)22(24)25-18)14-6-5-7-20(28-3)21(14)29-4/h5-11H,1-4H3,(H2,24,25). The molecule has 0 fully saturated rings. The van der Waals surface area contributed by atoms with Gasteiger partial charge in [0.2, 0.25) is 0 Å². The van der Waals surface area contributed by atoms with Gasteiger partial charge in [-0.1, -0.05) is 12.1 Å². The highest BCUT2D eigenvalue weighted by Crippen LogP contribution is 2.42. The zero-order valence-electron chi connectivity index (χ0n) is 16.6.